The molecular weight excluding hydrogens is 444 g/mol. The van der Waals surface area contributed by atoms with Gasteiger partial charge in [-0.15, -0.1) is 0 Å². The minimum absolute atomic E-state index is 0.324. The van der Waals surface area contributed by atoms with Gasteiger partial charge in [-0.25, -0.2) is 14.8 Å². The van der Waals surface area contributed by atoms with Gasteiger partial charge in [-0.05, 0) is 76.3 Å². The fourth-order valence-corrected chi connectivity index (χ4v) is 4.22. The number of nitrogens with one attached hydrogen (secondary N) is 2. The van der Waals surface area contributed by atoms with E-state index >= 15 is 0 Å². The van der Waals surface area contributed by atoms with Crippen LogP contribution in [0.25, 0.3) is 22.3 Å². The van der Waals surface area contributed by atoms with Crippen LogP contribution in [0, 0.1) is 12.8 Å². The SMILES string of the molecule is COCc1nc2nccc(-c3ccc(OC[C@](C)(CC(C)C)NC(=O)OC(C)(C)C)c(C)c3)c2[nH]1. The van der Waals surface area contributed by atoms with E-state index in [1.165, 1.54) is 0 Å². The maximum atomic E-state index is 12.5. The van der Waals surface area contributed by atoms with Crippen molar-refractivity contribution in [3.05, 3.63) is 41.9 Å². The summed E-state index contributed by atoms with van der Waals surface area (Å²) in [6, 6.07) is 8.04. The molecule has 8 heteroatoms. The molecule has 190 valence electrons. The van der Waals surface area contributed by atoms with Gasteiger partial charge in [0.2, 0.25) is 0 Å². The van der Waals surface area contributed by atoms with Crippen LogP contribution in [-0.2, 0) is 16.1 Å². The highest BCUT2D eigenvalue weighted by molar-refractivity contribution is 5.90. The first-order chi connectivity index (χ1) is 16.4. The fourth-order valence-electron chi connectivity index (χ4n) is 4.22. The van der Waals surface area contributed by atoms with Crippen LogP contribution in [-0.4, -0.2) is 45.9 Å². The summed E-state index contributed by atoms with van der Waals surface area (Å²) in [6.45, 7) is 14.5. The Balaban J connectivity index is 1.79. The Kier molecular flexibility index (Phi) is 8.05. The van der Waals surface area contributed by atoms with Crippen LogP contribution in [0.5, 0.6) is 5.75 Å². The van der Waals surface area contributed by atoms with Gasteiger partial charge in [0.25, 0.3) is 0 Å². The van der Waals surface area contributed by atoms with Crippen LogP contribution in [0.2, 0.25) is 0 Å². The molecule has 8 nitrogen and oxygen atoms in total. The third-order valence-electron chi connectivity index (χ3n) is 5.42. The molecule has 0 bridgehead atoms. The second-order valence-electron chi connectivity index (χ2n) is 10.7. The fraction of sp³-hybridized carbons (Fsp3) is 0.519. The number of carbonyl (C=O) groups is 1. The van der Waals surface area contributed by atoms with Gasteiger partial charge in [0.05, 0.1) is 11.1 Å². The number of rotatable bonds is 9. The van der Waals surface area contributed by atoms with E-state index in [-0.39, 0.29) is 0 Å². The van der Waals surface area contributed by atoms with Crippen LogP contribution >= 0.6 is 0 Å². The largest absolute Gasteiger partial charge is 0.491 e. The molecular formula is C27H38N4O4. The van der Waals surface area contributed by atoms with Crippen molar-refractivity contribution in [3.63, 3.8) is 0 Å². The summed E-state index contributed by atoms with van der Waals surface area (Å²) >= 11 is 0. The van der Waals surface area contributed by atoms with E-state index in [9.17, 15) is 4.79 Å². The Morgan fingerprint density at radius 1 is 1.17 bits per heavy atom. The molecule has 0 saturated heterocycles. The Labute approximate surface area is 207 Å². The lowest BCUT2D eigenvalue weighted by Gasteiger charge is -2.33. The lowest BCUT2D eigenvalue weighted by molar-refractivity contribution is 0.0408. The normalized spacial score (nSPS) is 13.6. The van der Waals surface area contributed by atoms with Crippen molar-refractivity contribution in [1.82, 2.24) is 20.3 Å². The summed E-state index contributed by atoms with van der Waals surface area (Å²) in [5.74, 6) is 1.87. The Morgan fingerprint density at radius 3 is 2.54 bits per heavy atom. The number of amides is 1. The standard InChI is InChI=1S/C27H38N4O4/c1-17(2)14-27(7,31-25(32)35-26(4,5)6)16-34-21-10-9-19(13-18(21)3)20-11-12-28-24-23(20)29-22(30-24)15-33-8/h9-13,17H,14-16H2,1-8H3,(H,31,32)(H,28,29,30)/t27-/m0/s1. The monoisotopic (exact) mass is 482 g/mol. The zero-order valence-corrected chi connectivity index (χ0v) is 22.1. The van der Waals surface area contributed by atoms with E-state index in [2.05, 4.69) is 40.2 Å². The smallest absolute Gasteiger partial charge is 0.408 e. The zero-order chi connectivity index (χ0) is 25.8. The first-order valence-corrected chi connectivity index (χ1v) is 12.0. The van der Waals surface area contributed by atoms with E-state index in [1.54, 1.807) is 13.3 Å². The number of alkyl carbamates (subject to hydrolysis) is 1. The van der Waals surface area contributed by atoms with Crippen molar-refractivity contribution < 1.29 is 19.0 Å². The number of aromatic nitrogens is 3. The summed E-state index contributed by atoms with van der Waals surface area (Å²) in [7, 11) is 1.64. The van der Waals surface area contributed by atoms with Crippen LogP contribution < -0.4 is 10.1 Å². The number of H-pyrrole nitrogens is 1. The highest BCUT2D eigenvalue weighted by Gasteiger charge is 2.31. The second kappa shape index (κ2) is 10.6. The minimum Gasteiger partial charge on any atom is -0.491 e. The second-order valence-corrected chi connectivity index (χ2v) is 10.7. The molecule has 2 aromatic heterocycles. The first kappa shape index (κ1) is 26.5. The number of aryl methyl sites for hydroxylation is 1. The number of pyridine rings is 1. The molecule has 0 aliphatic rings. The van der Waals surface area contributed by atoms with Crippen molar-refractivity contribution in [3.8, 4) is 16.9 Å². The van der Waals surface area contributed by atoms with Gasteiger partial charge in [-0.3, -0.25) is 0 Å². The number of carbonyl (C=O) groups excluding carboxylic acids is 1. The predicted molar refractivity (Wildman–Crippen MR) is 137 cm³/mol. The number of hydrogen-bond acceptors (Lipinski definition) is 6. The van der Waals surface area contributed by atoms with Gasteiger partial charge in [0.15, 0.2) is 5.65 Å². The number of imidazole rings is 1. The van der Waals surface area contributed by atoms with E-state index in [0.717, 1.165) is 40.2 Å². The van der Waals surface area contributed by atoms with Crippen molar-refractivity contribution >= 4 is 17.3 Å². The summed E-state index contributed by atoms with van der Waals surface area (Å²) in [5, 5.41) is 3.03. The average Bonchev–Trinajstić information content (AvgIpc) is 3.13. The van der Waals surface area contributed by atoms with Gasteiger partial charge in [0, 0.05) is 18.9 Å². The van der Waals surface area contributed by atoms with E-state index in [1.807, 2.05) is 52.8 Å². The highest BCUT2D eigenvalue weighted by Crippen LogP contribution is 2.31. The topological polar surface area (TPSA) is 98.4 Å². The quantitative estimate of drug-likeness (QED) is 0.401. The molecule has 0 spiro atoms. The maximum Gasteiger partial charge on any atom is 0.408 e. The van der Waals surface area contributed by atoms with E-state index in [0.29, 0.717) is 24.8 Å². The number of aromatic amines is 1. The van der Waals surface area contributed by atoms with Crippen LogP contribution in [0.1, 0.15) is 59.4 Å². The molecule has 0 aliphatic heterocycles. The Morgan fingerprint density at radius 2 is 1.91 bits per heavy atom. The molecule has 3 rings (SSSR count). The Bertz CT molecular complexity index is 1170. The van der Waals surface area contributed by atoms with Crippen molar-refractivity contribution in [1.29, 1.82) is 0 Å². The zero-order valence-electron chi connectivity index (χ0n) is 22.1. The molecule has 2 N–H and O–H groups in total. The number of ether oxygens (including phenoxy) is 3. The third-order valence-corrected chi connectivity index (χ3v) is 5.42. The number of methoxy groups -OCH3 is 1. The van der Waals surface area contributed by atoms with Gasteiger partial charge >= 0.3 is 6.09 Å². The lowest BCUT2D eigenvalue weighted by Crippen LogP contribution is -2.52. The molecule has 2 heterocycles. The third kappa shape index (κ3) is 7.18. The predicted octanol–water partition coefficient (Wildman–Crippen LogP) is 5.79. The molecule has 3 aromatic rings. The molecule has 0 radical (unpaired) electrons. The highest BCUT2D eigenvalue weighted by atomic mass is 16.6. The summed E-state index contributed by atoms with van der Waals surface area (Å²) in [5.41, 5.74) is 3.43. The maximum absolute atomic E-state index is 12.5. The molecule has 1 atom stereocenters. The van der Waals surface area contributed by atoms with Crippen molar-refractivity contribution in [2.24, 2.45) is 5.92 Å². The molecule has 35 heavy (non-hydrogen) atoms. The van der Waals surface area contributed by atoms with Crippen LogP contribution in [0.3, 0.4) is 0 Å². The van der Waals surface area contributed by atoms with Crippen LogP contribution in [0.4, 0.5) is 4.79 Å². The average molecular weight is 483 g/mol. The number of hydrogen-bond donors (Lipinski definition) is 2. The van der Waals surface area contributed by atoms with Crippen molar-refractivity contribution in [2.75, 3.05) is 13.7 Å². The molecule has 0 saturated carbocycles. The molecule has 1 aromatic carbocycles. The van der Waals surface area contributed by atoms with Gasteiger partial charge in [-0.1, -0.05) is 19.9 Å². The van der Waals surface area contributed by atoms with Crippen molar-refractivity contribution in [2.45, 2.75) is 72.6 Å². The Hall–Kier alpha value is -3.13. The molecule has 1 amide bonds. The molecule has 0 unspecified atom stereocenters. The number of benzene rings is 1. The van der Waals surface area contributed by atoms with E-state index in [4.69, 9.17) is 14.2 Å². The van der Waals surface area contributed by atoms with Gasteiger partial charge < -0.3 is 24.5 Å². The van der Waals surface area contributed by atoms with Gasteiger partial charge in [-0.2, -0.15) is 0 Å². The molecule has 0 aliphatic carbocycles. The molecule has 0 fully saturated rings. The summed E-state index contributed by atoms with van der Waals surface area (Å²) in [4.78, 5) is 24.7. The van der Waals surface area contributed by atoms with Gasteiger partial charge in [0.1, 0.15) is 30.4 Å². The van der Waals surface area contributed by atoms with E-state index < -0.39 is 17.2 Å². The van der Waals surface area contributed by atoms with Crippen LogP contribution in [0.15, 0.2) is 30.5 Å². The first-order valence-electron chi connectivity index (χ1n) is 12.0. The number of fused-ring (bicyclic) bond motifs is 1. The summed E-state index contributed by atoms with van der Waals surface area (Å²) < 4.78 is 16.9. The lowest BCUT2D eigenvalue weighted by atomic mass is 9.91. The minimum atomic E-state index is -0.577. The number of nitrogens with zero attached hydrogens (tertiary/aromatic N) is 2. The summed E-state index contributed by atoms with van der Waals surface area (Å²) in [6.07, 6.45) is 2.07.